The summed E-state index contributed by atoms with van der Waals surface area (Å²) in [6, 6.07) is 17.9. The van der Waals surface area contributed by atoms with E-state index < -0.39 is 0 Å². The number of halogens is 1. The van der Waals surface area contributed by atoms with Crippen molar-refractivity contribution in [2.24, 2.45) is 0 Å². The Hall–Kier alpha value is -3.10. The van der Waals surface area contributed by atoms with Crippen LogP contribution >= 0.6 is 23.4 Å². The molecule has 0 saturated heterocycles. The fourth-order valence-electron chi connectivity index (χ4n) is 2.76. The summed E-state index contributed by atoms with van der Waals surface area (Å²) in [6.07, 6.45) is 0. The Morgan fingerprint density at radius 2 is 1.93 bits per heavy atom. The van der Waals surface area contributed by atoms with Crippen molar-refractivity contribution >= 4 is 40.6 Å². The molecule has 1 N–H and O–H groups in total. The van der Waals surface area contributed by atoms with E-state index in [0.29, 0.717) is 21.7 Å². The first kappa shape index (κ1) is 19.2. The number of aromatic amines is 1. The average Bonchev–Trinajstić information content (AvgIpc) is 3.12. The lowest BCUT2D eigenvalue weighted by Crippen LogP contribution is -2.28. The molecule has 4 rings (SSSR count). The topological polar surface area (TPSA) is 83.4 Å². The number of carbonyl (C=O) groups is 1. The molecule has 0 atom stereocenters. The van der Waals surface area contributed by atoms with Gasteiger partial charge in [0.25, 0.3) is 5.56 Å². The molecule has 0 saturated carbocycles. The molecule has 1 amide bonds. The summed E-state index contributed by atoms with van der Waals surface area (Å²) >= 11 is 7.31. The van der Waals surface area contributed by atoms with E-state index in [9.17, 15) is 9.59 Å². The molecule has 4 aromatic rings. The zero-order valence-corrected chi connectivity index (χ0v) is 16.9. The lowest BCUT2D eigenvalue weighted by molar-refractivity contribution is -0.115. The van der Waals surface area contributed by atoms with Crippen LogP contribution < -0.4 is 10.5 Å². The van der Waals surface area contributed by atoms with Crippen LogP contribution in [0.2, 0.25) is 5.02 Å². The molecule has 0 spiro atoms. The Morgan fingerprint density at radius 1 is 1.14 bits per heavy atom. The summed E-state index contributed by atoms with van der Waals surface area (Å²) in [5.41, 5.74) is 1.66. The first-order valence-electron chi connectivity index (χ1n) is 8.71. The van der Waals surface area contributed by atoms with Crippen LogP contribution in [0.4, 0.5) is 5.69 Å². The van der Waals surface area contributed by atoms with E-state index >= 15 is 0 Å². The molecule has 0 bridgehead atoms. The van der Waals surface area contributed by atoms with Gasteiger partial charge >= 0.3 is 0 Å². The van der Waals surface area contributed by atoms with E-state index in [2.05, 4.69) is 15.1 Å². The van der Waals surface area contributed by atoms with Gasteiger partial charge in [0.15, 0.2) is 16.6 Å². The van der Waals surface area contributed by atoms with Crippen molar-refractivity contribution in [1.82, 2.24) is 19.6 Å². The molecule has 2 heterocycles. The number of amides is 1. The molecule has 0 fully saturated rings. The maximum Gasteiger partial charge on any atom is 0.266 e. The number of rotatable bonds is 5. The van der Waals surface area contributed by atoms with Crippen LogP contribution in [-0.4, -0.2) is 38.3 Å². The number of H-pyrrole nitrogens is 1. The van der Waals surface area contributed by atoms with Crippen LogP contribution in [0.5, 0.6) is 0 Å². The molecule has 0 radical (unpaired) electrons. The number of benzene rings is 2. The third-order valence-corrected chi connectivity index (χ3v) is 5.41. The highest BCUT2D eigenvalue weighted by Crippen LogP contribution is 2.24. The minimum atomic E-state index is -0.294. The van der Waals surface area contributed by atoms with Gasteiger partial charge in [-0.3, -0.25) is 14.7 Å². The Bertz CT molecular complexity index is 1240. The van der Waals surface area contributed by atoms with Gasteiger partial charge in [-0.05, 0) is 24.3 Å². The molecule has 29 heavy (non-hydrogen) atoms. The van der Waals surface area contributed by atoms with Gasteiger partial charge in [0.1, 0.15) is 0 Å². The number of carbonyl (C=O) groups excluding carboxylic acids is 1. The highest BCUT2D eigenvalue weighted by molar-refractivity contribution is 7.99. The molecule has 0 aliphatic heterocycles. The van der Waals surface area contributed by atoms with E-state index in [1.54, 1.807) is 30.1 Å². The van der Waals surface area contributed by atoms with Crippen LogP contribution in [0.1, 0.15) is 0 Å². The molecule has 2 aromatic heterocycles. The van der Waals surface area contributed by atoms with Gasteiger partial charge in [-0.2, -0.15) is 0 Å². The Labute approximate surface area is 175 Å². The van der Waals surface area contributed by atoms with Crippen molar-refractivity contribution in [3.05, 3.63) is 76.0 Å². The van der Waals surface area contributed by atoms with Gasteiger partial charge in [-0.25, -0.2) is 14.5 Å². The number of hydrogen-bond donors (Lipinski definition) is 1. The quantitative estimate of drug-likeness (QED) is 0.495. The zero-order chi connectivity index (χ0) is 20.4. The van der Waals surface area contributed by atoms with Gasteiger partial charge in [0.2, 0.25) is 5.91 Å². The van der Waals surface area contributed by atoms with Crippen LogP contribution in [0.25, 0.3) is 17.0 Å². The molecule has 0 aliphatic rings. The lowest BCUT2D eigenvalue weighted by atomic mass is 10.2. The number of para-hydroxylation sites is 1. The van der Waals surface area contributed by atoms with Gasteiger partial charge in [0.05, 0.1) is 5.75 Å². The molecule has 9 heteroatoms. The maximum absolute atomic E-state index is 12.6. The molecule has 146 valence electrons. The number of hydrogen-bond acceptors (Lipinski definition) is 5. The van der Waals surface area contributed by atoms with Crippen molar-refractivity contribution in [2.45, 2.75) is 5.16 Å². The van der Waals surface area contributed by atoms with Gasteiger partial charge in [0, 0.05) is 29.4 Å². The Balaban J connectivity index is 1.64. The second-order valence-corrected chi connectivity index (χ2v) is 7.61. The second kappa shape index (κ2) is 8.10. The smallest absolute Gasteiger partial charge is 0.266 e. The third-order valence-electron chi connectivity index (χ3n) is 4.25. The fourth-order valence-corrected chi connectivity index (χ4v) is 3.81. The number of thioether (sulfide) groups is 1. The predicted molar refractivity (Wildman–Crippen MR) is 115 cm³/mol. The first-order chi connectivity index (χ1) is 14.0. The number of anilines is 1. The predicted octanol–water partition coefficient (Wildman–Crippen LogP) is 3.49. The monoisotopic (exact) mass is 425 g/mol. The lowest BCUT2D eigenvalue weighted by Gasteiger charge is -2.17. The summed E-state index contributed by atoms with van der Waals surface area (Å²) in [5, 5.41) is 3.69. The van der Waals surface area contributed by atoms with E-state index in [0.717, 1.165) is 11.3 Å². The minimum Gasteiger partial charge on any atom is -0.315 e. The van der Waals surface area contributed by atoms with Crippen molar-refractivity contribution in [3.8, 4) is 11.4 Å². The van der Waals surface area contributed by atoms with Crippen LogP contribution in [-0.2, 0) is 4.79 Å². The molecular weight excluding hydrogens is 410 g/mol. The number of nitrogens with zero attached hydrogens (tertiary/aromatic N) is 4. The minimum absolute atomic E-state index is 0.0910. The maximum atomic E-state index is 12.6. The Morgan fingerprint density at radius 3 is 2.69 bits per heavy atom. The van der Waals surface area contributed by atoms with Crippen molar-refractivity contribution in [1.29, 1.82) is 0 Å². The summed E-state index contributed by atoms with van der Waals surface area (Å²) in [5.74, 6) is 0.483. The van der Waals surface area contributed by atoms with Gasteiger partial charge in [-0.1, -0.05) is 53.7 Å². The standard InChI is InChI=1S/C20H16ClN5O2S/c1-25(15-8-3-2-4-9-15)18(28)12-29-20-23-19(13-6-5-7-14(21)10-13)22-16-11-17(27)24-26(16)20/h2-11H,12H2,1H3,(H,24,27). The fraction of sp³-hybridized carbons (Fsp3) is 0.100. The first-order valence-corrected chi connectivity index (χ1v) is 10.1. The number of fused-ring (bicyclic) bond motifs is 1. The van der Waals surface area contributed by atoms with E-state index in [1.165, 1.54) is 22.3 Å². The molecule has 0 aliphatic carbocycles. The van der Waals surface area contributed by atoms with Crippen molar-refractivity contribution in [3.63, 3.8) is 0 Å². The van der Waals surface area contributed by atoms with E-state index in [4.69, 9.17) is 11.6 Å². The SMILES string of the molecule is CN(C(=O)CSc1nc(-c2cccc(Cl)c2)nc2cc(=O)[nH]n12)c1ccccc1. The van der Waals surface area contributed by atoms with Crippen LogP contribution in [0, 0.1) is 0 Å². The average molecular weight is 426 g/mol. The number of aromatic nitrogens is 4. The van der Waals surface area contributed by atoms with Gasteiger partial charge < -0.3 is 4.90 Å². The zero-order valence-electron chi connectivity index (χ0n) is 15.4. The molecule has 2 aromatic carbocycles. The highest BCUT2D eigenvalue weighted by Gasteiger charge is 2.16. The summed E-state index contributed by atoms with van der Waals surface area (Å²) in [4.78, 5) is 35.0. The second-order valence-electron chi connectivity index (χ2n) is 6.23. The largest absolute Gasteiger partial charge is 0.315 e. The third kappa shape index (κ3) is 4.18. The van der Waals surface area contributed by atoms with Crippen molar-refractivity contribution in [2.75, 3.05) is 17.7 Å². The van der Waals surface area contributed by atoms with Crippen LogP contribution in [0.15, 0.2) is 70.6 Å². The highest BCUT2D eigenvalue weighted by atomic mass is 35.5. The Kier molecular flexibility index (Phi) is 5.37. The van der Waals surface area contributed by atoms with Crippen LogP contribution in [0.3, 0.4) is 0 Å². The number of nitrogens with one attached hydrogen (secondary N) is 1. The molecule has 7 nitrogen and oxygen atoms in total. The van der Waals surface area contributed by atoms with Crippen molar-refractivity contribution < 1.29 is 4.79 Å². The summed E-state index contributed by atoms with van der Waals surface area (Å²) in [6.45, 7) is 0. The molecule has 0 unspecified atom stereocenters. The van der Waals surface area contributed by atoms with E-state index in [-0.39, 0.29) is 17.2 Å². The molecular formula is C20H16ClN5O2S. The normalized spacial score (nSPS) is 11.0. The summed E-state index contributed by atoms with van der Waals surface area (Å²) in [7, 11) is 1.72. The summed E-state index contributed by atoms with van der Waals surface area (Å²) < 4.78 is 1.48. The van der Waals surface area contributed by atoms with Gasteiger partial charge in [-0.15, -0.1) is 0 Å². The van der Waals surface area contributed by atoms with E-state index in [1.807, 2.05) is 36.4 Å².